The number of aromatic hydroxyl groups is 1. The van der Waals surface area contributed by atoms with Crippen molar-refractivity contribution in [3.63, 3.8) is 0 Å². The van der Waals surface area contributed by atoms with E-state index in [0.29, 0.717) is 17.2 Å². The number of carboxylic acid groups (broad SMARTS) is 1. The van der Waals surface area contributed by atoms with Gasteiger partial charge < -0.3 is 31.5 Å². The van der Waals surface area contributed by atoms with Crippen molar-refractivity contribution < 1.29 is 29.0 Å². The molecule has 0 radical (unpaired) electrons. The van der Waals surface area contributed by atoms with E-state index in [4.69, 9.17) is 0 Å². The van der Waals surface area contributed by atoms with Gasteiger partial charge in [-0.25, -0.2) is 9.38 Å². The Labute approximate surface area is 222 Å². The molecule has 1 aliphatic heterocycles. The number of amides is 2. The average molecular weight is 662 g/mol. The van der Waals surface area contributed by atoms with Crippen LogP contribution >= 0.6 is 38.5 Å². The van der Waals surface area contributed by atoms with Crippen LogP contribution in [-0.2, 0) is 9.59 Å². The molecule has 0 bridgehead atoms. The lowest BCUT2D eigenvalue weighted by Gasteiger charge is -2.19. The molecule has 0 saturated heterocycles. The highest BCUT2D eigenvalue weighted by Crippen LogP contribution is 2.24. The topological polar surface area (TPSA) is 152 Å². The first kappa shape index (κ1) is 26.7. The van der Waals surface area contributed by atoms with E-state index in [-0.39, 0.29) is 30.8 Å². The highest BCUT2D eigenvalue weighted by atomic mass is 127. The van der Waals surface area contributed by atoms with Crippen LogP contribution in [0, 0.1) is 3.57 Å². The molecule has 0 aliphatic carbocycles. The van der Waals surface area contributed by atoms with Crippen LogP contribution in [0.5, 0.6) is 5.75 Å². The van der Waals surface area contributed by atoms with Crippen molar-refractivity contribution in [3.05, 3.63) is 55.6 Å². The lowest BCUT2D eigenvalue weighted by atomic mass is 10.0. The third-order valence-electron chi connectivity index (χ3n) is 4.79. The SMILES string of the molecule is O=C(O)C[C@@H](NC(=O)CNC(=O)c1cc(O)cc(NC2=NCC(F)CN2)c1)c1cc(Br)cc(I)c1. The Bertz CT molecular complexity index is 1140. The van der Waals surface area contributed by atoms with Gasteiger partial charge in [-0.05, 0) is 58.5 Å². The number of benzene rings is 2. The summed E-state index contributed by atoms with van der Waals surface area (Å²) in [4.78, 5) is 40.4. The highest BCUT2D eigenvalue weighted by Gasteiger charge is 2.20. The fourth-order valence-corrected chi connectivity index (χ4v) is 4.90. The molecule has 186 valence electrons. The molecule has 1 aliphatic rings. The molecule has 35 heavy (non-hydrogen) atoms. The Balaban J connectivity index is 1.63. The van der Waals surface area contributed by atoms with Crippen LogP contribution in [0.25, 0.3) is 0 Å². The van der Waals surface area contributed by atoms with Gasteiger partial charge in [0.25, 0.3) is 5.91 Å². The summed E-state index contributed by atoms with van der Waals surface area (Å²) in [7, 11) is 0. The van der Waals surface area contributed by atoms with Gasteiger partial charge in [-0.2, -0.15) is 0 Å². The first-order chi connectivity index (χ1) is 16.6. The number of alkyl halides is 1. The second kappa shape index (κ2) is 12.2. The summed E-state index contributed by atoms with van der Waals surface area (Å²) in [5, 5.41) is 29.9. The number of aliphatic carboxylic acids is 1. The molecule has 1 heterocycles. The Morgan fingerprint density at radius 1 is 1.23 bits per heavy atom. The van der Waals surface area contributed by atoms with Gasteiger partial charge in [0.15, 0.2) is 5.96 Å². The molecule has 13 heteroatoms. The molecule has 1 unspecified atom stereocenters. The van der Waals surface area contributed by atoms with Crippen molar-refractivity contribution in [1.82, 2.24) is 16.0 Å². The van der Waals surface area contributed by atoms with Crippen LogP contribution in [0.3, 0.4) is 0 Å². The number of carbonyl (C=O) groups excluding carboxylic acids is 2. The van der Waals surface area contributed by atoms with Crippen LogP contribution in [-0.4, -0.2) is 59.8 Å². The molecule has 6 N–H and O–H groups in total. The van der Waals surface area contributed by atoms with E-state index in [9.17, 15) is 29.0 Å². The number of phenols is 1. The average Bonchev–Trinajstić information content (AvgIpc) is 2.77. The predicted octanol–water partition coefficient (Wildman–Crippen LogP) is 2.53. The molecule has 0 saturated carbocycles. The van der Waals surface area contributed by atoms with E-state index in [1.165, 1.54) is 18.2 Å². The number of phenolic OH excluding ortho intramolecular Hbond substituents is 1. The zero-order valence-electron chi connectivity index (χ0n) is 18.1. The molecule has 2 aromatic rings. The number of anilines is 1. The van der Waals surface area contributed by atoms with Gasteiger partial charge in [0, 0.05) is 25.4 Å². The zero-order chi connectivity index (χ0) is 25.5. The number of carboxylic acids is 1. The molecule has 10 nitrogen and oxygen atoms in total. The second-order valence-corrected chi connectivity index (χ2v) is 9.83. The Hall–Kier alpha value is -2.94. The molecule has 2 aromatic carbocycles. The molecule has 2 atom stereocenters. The number of nitrogens with one attached hydrogen (secondary N) is 4. The Morgan fingerprint density at radius 2 is 2.00 bits per heavy atom. The van der Waals surface area contributed by atoms with Crippen LogP contribution < -0.4 is 21.3 Å². The summed E-state index contributed by atoms with van der Waals surface area (Å²) in [5.41, 5.74) is 1.02. The molecule has 0 aromatic heterocycles. The van der Waals surface area contributed by atoms with Gasteiger partial charge in [0.05, 0.1) is 32.1 Å². The van der Waals surface area contributed by atoms with Crippen molar-refractivity contribution in [2.45, 2.75) is 18.6 Å². The standard InChI is InChI=1S/C22H22BrFIN5O5/c23-13-1-11(2-15(25)5-13)18(7-20(33)34)30-19(32)10-26-21(35)12-3-16(6-17(31)4-12)29-22-27-8-14(24)9-28-22/h1-6,14,18,31H,7-10H2,(H,26,35)(H,30,32)(H,33,34)(H2,27,28,29)/t18-/m1/s1. The number of hydrogen-bond acceptors (Lipinski definition) is 7. The smallest absolute Gasteiger partial charge is 0.305 e. The molecular formula is C22H22BrFIN5O5. The minimum Gasteiger partial charge on any atom is -0.508 e. The largest absolute Gasteiger partial charge is 0.508 e. The molecule has 0 spiro atoms. The second-order valence-electron chi connectivity index (χ2n) is 7.66. The van der Waals surface area contributed by atoms with Crippen molar-refractivity contribution in [3.8, 4) is 5.75 Å². The van der Waals surface area contributed by atoms with Crippen LogP contribution in [0.15, 0.2) is 45.9 Å². The third-order valence-corrected chi connectivity index (χ3v) is 5.87. The minimum atomic E-state index is -1.09. The number of nitrogens with zero attached hydrogens (tertiary/aromatic N) is 1. The van der Waals surface area contributed by atoms with E-state index in [2.05, 4.69) is 64.8 Å². The maximum atomic E-state index is 13.2. The van der Waals surface area contributed by atoms with Gasteiger partial charge in [0.2, 0.25) is 5.91 Å². The number of carbonyl (C=O) groups is 3. The van der Waals surface area contributed by atoms with Gasteiger partial charge in [-0.1, -0.05) is 15.9 Å². The van der Waals surface area contributed by atoms with Crippen molar-refractivity contribution in [1.29, 1.82) is 0 Å². The fraction of sp³-hybridized carbons (Fsp3) is 0.273. The fourth-order valence-electron chi connectivity index (χ4n) is 3.26. The van der Waals surface area contributed by atoms with Crippen molar-refractivity contribution in [2.75, 3.05) is 25.0 Å². The van der Waals surface area contributed by atoms with Crippen LogP contribution in [0.1, 0.15) is 28.4 Å². The van der Waals surface area contributed by atoms with Gasteiger partial charge >= 0.3 is 5.97 Å². The number of guanidine groups is 1. The summed E-state index contributed by atoms with van der Waals surface area (Å²) in [6.45, 7) is -0.321. The summed E-state index contributed by atoms with van der Waals surface area (Å²) >= 11 is 5.45. The molecule has 0 fully saturated rings. The van der Waals surface area contributed by atoms with E-state index in [0.717, 1.165) is 8.04 Å². The zero-order valence-corrected chi connectivity index (χ0v) is 21.9. The first-order valence-electron chi connectivity index (χ1n) is 10.4. The number of aliphatic imine (C=N–C) groups is 1. The summed E-state index contributed by atoms with van der Waals surface area (Å²) < 4.78 is 14.8. The lowest BCUT2D eigenvalue weighted by molar-refractivity contribution is -0.137. The number of halogens is 3. The number of hydrogen-bond donors (Lipinski definition) is 6. The van der Waals surface area contributed by atoms with Crippen LogP contribution in [0.2, 0.25) is 0 Å². The van der Waals surface area contributed by atoms with E-state index in [1.54, 1.807) is 12.1 Å². The minimum absolute atomic E-state index is 0.00143. The molecular weight excluding hydrogens is 640 g/mol. The summed E-state index contributed by atoms with van der Waals surface area (Å²) in [6, 6.07) is 8.56. The van der Waals surface area contributed by atoms with Gasteiger partial charge in [-0.15, -0.1) is 0 Å². The molecule has 2 amide bonds. The van der Waals surface area contributed by atoms with E-state index < -0.39 is 36.5 Å². The van der Waals surface area contributed by atoms with Crippen molar-refractivity contribution >= 4 is 68.0 Å². The van der Waals surface area contributed by atoms with Crippen LogP contribution in [0.4, 0.5) is 10.1 Å². The number of rotatable bonds is 8. The highest BCUT2D eigenvalue weighted by molar-refractivity contribution is 14.1. The first-order valence-corrected chi connectivity index (χ1v) is 12.2. The van der Waals surface area contributed by atoms with Crippen molar-refractivity contribution in [2.24, 2.45) is 4.99 Å². The van der Waals surface area contributed by atoms with Gasteiger partial charge in [-0.3, -0.25) is 14.4 Å². The third kappa shape index (κ3) is 8.35. The summed E-state index contributed by atoms with van der Waals surface area (Å²) in [6.07, 6.45) is -1.42. The Morgan fingerprint density at radius 3 is 2.66 bits per heavy atom. The van der Waals surface area contributed by atoms with E-state index >= 15 is 0 Å². The molecule has 3 rings (SSSR count). The quantitative estimate of drug-likeness (QED) is 0.238. The Kier molecular flexibility index (Phi) is 9.26. The maximum absolute atomic E-state index is 13.2. The summed E-state index contributed by atoms with van der Waals surface area (Å²) in [5.74, 6) is -2.20. The predicted molar refractivity (Wildman–Crippen MR) is 139 cm³/mol. The van der Waals surface area contributed by atoms with E-state index in [1.807, 2.05) is 6.07 Å². The lowest BCUT2D eigenvalue weighted by Crippen LogP contribution is -2.41. The van der Waals surface area contributed by atoms with Gasteiger partial charge in [0.1, 0.15) is 11.9 Å². The normalized spacial score (nSPS) is 15.9. The monoisotopic (exact) mass is 661 g/mol. The maximum Gasteiger partial charge on any atom is 0.305 e.